The molecule has 1 aromatic carbocycles. The number of benzene rings is 1. The van der Waals surface area contributed by atoms with E-state index in [1.807, 2.05) is 0 Å². The average Bonchev–Trinajstić information content (AvgIpc) is 2.51. The second-order valence-corrected chi connectivity index (χ2v) is 5.96. The number of amides is 2. The van der Waals surface area contributed by atoms with Crippen LogP contribution in [0.3, 0.4) is 0 Å². The first-order valence-electron chi connectivity index (χ1n) is 7.16. The standard InChI is InChI=1S/C15H17Cl2N3O2/c16-12-7-4-8-13(17)11(12)9-18-20-15(22)14(21)19-10-5-2-1-3-6-10/h4,7-10H,1-3,5-6H2,(H,19,21)(H,20,22)/b18-9+. The van der Waals surface area contributed by atoms with Crippen molar-refractivity contribution < 1.29 is 9.59 Å². The molecule has 7 heteroatoms. The average molecular weight is 342 g/mol. The zero-order chi connectivity index (χ0) is 15.9. The van der Waals surface area contributed by atoms with Crippen molar-refractivity contribution in [1.29, 1.82) is 0 Å². The Bertz CT molecular complexity index is 564. The highest BCUT2D eigenvalue weighted by molar-refractivity contribution is 6.38. The monoisotopic (exact) mass is 341 g/mol. The topological polar surface area (TPSA) is 70.6 Å². The number of hydrazone groups is 1. The van der Waals surface area contributed by atoms with E-state index >= 15 is 0 Å². The van der Waals surface area contributed by atoms with Gasteiger partial charge < -0.3 is 5.32 Å². The number of halogens is 2. The van der Waals surface area contributed by atoms with Crippen molar-refractivity contribution in [3.63, 3.8) is 0 Å². The first-order valence-corrected chi connectivity index (χ1v) is 7.91. The molecule has 1 aliphatic carbocycles. The lowest BCUT2D eigenvalue weighted by Gasteiger charge is -2.22. The molecule has 0 bridgehead atoms. The van der Waals surface area contributed by atoms with Crippen molar-refractivity contribution in [3.05, 3.63) is 33.8 Å². The lowest BCUT2D eigenvalue weighted by Crippen LogP contribution is -2.44. The van der Waals surface area contributed by atoms with E-state index in [1.165, 1.54) is 12.6 Å². The minimum Gasteiger partial charge on any atom is -0.345 e. The molecule has 1 aromatic rings. The normalized spacial score (nSPS) is 15.7. The van der Waals surface area contributed by atoms with Gasteiger partial charge in [0.05, 0.1) is 16.3 Å². The number of hydrogen-bond donors (Lipinski definition) is 2. The Labute approximate surface area is 139 Å². The van der Waals surface area contributed by atoms with Crippen LogP contribution in [0.25, 0.3) is 0 Å². The number of carbonyl (C=O) groups excluding carboxylic acids is 2. The Morgan fingerprint density at radius 2 is 1.73 bits per heavy atom. The van der Waals surface area contributed by atoms with Crippen LogP contribution in [0.4, 0.5) is 0 Å². The molecule has 118 valence electrons. The summed E-state index contributed by atoms with van der Waals surface area (Å²) in [6.45, 7) is 0. The third-order valence-electron chi connectivity index (χ3n) is 3.51. The summed E-state index contributed by atoms with van der Waals surface area (Å²) in [5.41, 5.74) is 2.66. The third-order valence-corrected chi connectivity index (χ3v) is 4.17. The van der Waals surface area contributed by atoms with Crippen molar-refractivity contribution in [1.82, 2.24) is 10.7 Å². The summed E-state index contributed by atoms with van der Waals surface area (Å²) in [7, 11) is 0. The smallest absolute Gasteiger partial charge is 0.329 e. The van der Waals surface area contributed by atoms with Gasteiger partial charge in [0.25, 0.3) is 0 Å². The Morgan fingerprint density at radius 3 is 2.36 bits per heavy atom. The van der Waals surface area contributed by atoms with E-state index in [9.17, 15) is 9.59 Å². The van der Waals surface area contributed by atoms with Crippen molar-refractivity contribution >= 4 is 41.2 Å². The van der Waals surface area contributed by atoms with Crippen molar-refractivity contribution in [3.8, 4) is 0 Å². The highest BCUT2D eigenvalue weighted by Crippen LogP contribution is 2.22. The van der Waals surface area contributed by atoms with Gasteiger partial charge in [0.2, 0.25) is 0 Å². The molecule has 0 aliphatic heterocycles. The second-order valence-electron chi connectivity index (χ2n) is 5.14. The maximum absolute atomic E-state index is 11.7. The lowest BCUT2D eigenvalue weighted by atomic mass is 9.95. The fourth-order valence-electron chi connectivity index (χ4n) is 2.34. The number of carbonyl (C=O) groups is 2. The zero-order valence-electron chi connectivity index (χ0n) is 11.9. The fourth-order valence-corrected chi connectivity index (χ4v) is 2.83. The molecule has 0 saturated heterocycles. The maximum Gasteiger partial charge on any atom is 0.329 e. The summed E-state index contributed by atoms with van der Waals surface area (Å²) in [6.07, 6.45) is 6.48. The molecule has 0 unspecified atom stereocenters. The molecule has 0 radical (unpaired) electrons. The largest absolute Gasteiger partial charge is 0.345 e. The van der Waals surface area contributed by atoms with E-state index in [4.69, 9.17) is 23.2 Å². The van der Waals surface area contributed by atoms with Gasteiger partial charge in [-0.2, -0.15) is 5.10 Å². The molecule has 5 nitrogen and oxygen atoms in total. The molecule has 0 spiro atoms. The molecule has 0 atom stereocenters. The van der Waals surface area contributed by atoms with E-state index in [0.717, 1.165) is 25.7 Å². The van der Waals surface area contributed by atoms with E-state index in [1.54, 1.807) is 18.2 Å². The van der Waals surface area contributed by atoms with Gasteiger partial charge in [-0.15, -0.1) is 0 Å². The van der Waals surface area contributed by atoms with Gasteiger partial charge in [0.1, 0.15) is 0 Å². The maximum atomic E-state index is 11.7. The summed E-state index contributed by atoms with van der Waals surface area (Å²) in [6, 6.07) is 5.10. The third kappa shape index (κ3) is 4.71. The van der Waals surface area contributed by atoms with E-state index in [2.05, 4.69) is 15.8 Å². The Balaban J connectivity index is 1.86. The van der Waals surface area contributed by atoms with Crippen LogP contribution in [-0.2, 0) is 9.59 Å². The molecule has 2 N–H and O–H groups in total. The van der Waals surface area contributed by atoms with Crippen molar-refractivity contribution in [2.45, 2.75) is 38.1 Å². The fraction of sp³-hybridized carbons (Fsp3) is 0.400. The van der Waals surface area contributed by atoms with Crippen LogP contribution < -0.4 is 10.7 Å². The van der Waals surface area contributed by atoms with Gasteiger partial charge in [-0.1, -0.05) is 48.5 Å². The summed E-state index contributed by atoms with van der Waals surface area (Å²) >= 11 is 11.9. The summed E-state index contributed by atoms with van der Waals surface area (Å²) in [5, 5.41) is 7.26. The quantitative estimate of drug-likeness (QED) is 0.504. The van der Waals surface area contributed by atoms with Crippen LogP contribution in [0, 0.1) is 0 Å². The Hall–Kier alpha value is -1.59. The molecule has 0 aromatic heterocycles. The minimum atomic E-state index is -0.801. The summed E-state index contributed by atoms with van der Waals surface area (Å²) in [5.74, 6) is -1.47. The van der Waals surface area contributed by atoms with Crippen molar-refractivity contribution in [2.75, 3.05) is 0 Å². The number of rotatable bonds is 3. The Morgan fingerprint density at radius 1 is 1.09 bits per heavy atom. The number of nitrogens with zero attached hydrogens (tertiary/aromatic N) is 1. The second kappa shape index (κ2) is 8.15. The van der Waals surface area contributed by atoms with Gasteiger partial charge in [-0.3, -0.25) is 9.59 Å². The number of nitrogens with one attached hydrogen (secondary N) is 2. The molecular formula is C15H17Cl2N3O2. The van der Waals surface area contributed by atoms with Crippen LogP contribution in [0.15, 0.2) is 23.3 Å². The summed E-state index contributed by atoms with van der Waals surface area (Å²) < 4.78 is 0. The van der Waals surface area contributed by atoms with Crippen molar-refractivity contribution in [2.24, 2.45) is 5.10 Å². The highest BCUT2D eigenvalue weighted by atomic mass is 35.5. The minimum absolute atomic E-state index is 0.0778. The van der Waals surface area contributed by atoms with Gasteiger partial charge in [-0.25, -0.2) is 5.43 Å². The molecule has 1 saturated carbocycles. The molecule has 2 amide bonds. The zero-order valence-corrected chi connectivity index (χ0v) is 13.5. The summed E-state index contributed by atoms with van der Waals surface area (Å²) in [4.78, 5) is 23.4. The molecule has 1 fully saturated rings. The first kappa shape index (κ1) is 16.8. The van der Waals surface area contributed by atoms with Gasteiger partial charge >= 0.3 is 11.8 Å². The van der Waals surface area contributed by atoms with Crippen LogP contribution in [0.2, 0.25) is 10.0 Å². The van der Waals surface area contributed by atoms with Crippen LogP contribution >= 0.6 is 23.2 Å². The van der Waals surface area contributed by atoms with Crippen LogP contribution in [0.5, 0.6) is 0 Å². The molecule has 1 aliphatic rings. The van der Waals surface area contributed by atoms with Crippen LogP contribution in [-0.4, -0.2) is 24.1 Å². The van der Waals surface area contributed by atoms with E-state index in [-0.39, 0.29) is 6.04 Å². The van der Waals surface area contributed by atoms with Gasteiger partial charge in [-0.05, 0) is 25.0 Å². The number of hydrogen-bond acceptors (Lipinski definition) is 3. The molecule has 2 rings (SSSR count). The molecule has 22 heavy (non-hydrogen) atoms. The molecule has 0 heterocycles. The highest BCUT2D eigenvalue weighted by Gasteiger charge is 2.19. The van der Waals surface area contributed by atoms with Crippen LogP contribution in [0.1, 0.15) is 37.7 Å². The SMILES string of the molecule is O=C(N/N=C/c1c(Cl)cccc1Cl)C(=O)NC1CCCCC1. The van der Waals surface area contributed by atoms with Gasteiger partial charge in [0.15, 0.2) is 0 Å². The van der Waals surface area contributed by atoms with Gasteiger partial charge in [0, 0.05) is 11.6 Å². The predicted octanol–water partition coefficient (Wildman–Crippen LogP) is 2.89. The first-order chi connectivity index (χ1) is 10.6. The van der Waals surface area contributed by atoms with E-state index in [0.29, 0.717) is 15.6 Å². The van der Waals surface area contributed by atoms with E-state index < -0.39 is 11.8 Å². The lowest BCUT2D eigenvalue weighted by molar-refractivity contribution is -0.139. The predicted molar refractivity (Wildman–Crippen MR) is 87.2 cm³/mol. The molecular weight excluding hydrogens is 325 g/mol. The Kier molecular flexibility index (Phi) is 6.21.